The van der Waals surface area contributed by atoms with Crippen molar-refractivity contribution in [2.75, 3.05) is 11.4 Å². The molecule has 88 valence electrons. The Morgan fingerprint density at radius 2 is 2.35 bits per heavy atom. The van der Waals surface area contributed by atoms with Crippen LogP contribution in [0.3, 0.4) is 0 Å². The summed E-state index contributed by atoms with van der Waals surface area (Å²) in [6.07, 6.45) is 0. The lowest BCUT2D eigenvalue weighted by Gasteiger charge is -2.19. The van der Waals surface area contributed by atoms with Crippen LogP contribution in [0.5, 0.6) is 5.75 Å². The number of phenolic OH excluding ortho intramolecular Hbond substituents is 1. The van der Waals surface area contributed by atoms with Gasteiger partial charge in [0.1, 0.15) is 5.75 Å². The van der Waals surface area contributed by atoms with Crippen LogP contribution in [0, 0.1) is 0 Å². The van der Waals surface area contributed by atoms with Crippen molar-refractivity contribution in [3.8, 4) is 5.75 Å². The minimum atomic E-state index is -0.216. The highest BCUT2D eigenvalue weighted by Crippen LogP contribution is 2.21. The van der Waals surface area contributed by atoms with Crippen LogP contribution < -0.4 is 4.90 Å². The summed E-state index contributed by atoms with van der Waals surface area (Å²) >= 11 is 1.14. The van der Waals surface area contributed by atoms with Gasteiger partial charge in [-0.25, -0.2) is 0 Å². The number of benzene rings is 1. The van der Waals surface area contributed by atoms with Crippen LogP contribution in [0.4, 0.5) is 5.69 Å². The molecular weight excluding hydrogens is 238 g/mol. The van der Waals surface area contributed by atoms with E-state index in [-0.39, 0.29) is 11.7 Å². The molecule has 0 aliphatic carbocycles. The first kappa shape index (κ1) is 11.5. The maximum atomic E-state index is 12.1. The molecule has 0 saturated heterocycles. The number of hydrogen-bond donors (Lipinski definition) is 1. The maximum absolute atomic E-state index is 12.1. The maximum Gasteiger partial charge on any atom is 0.279 e. The standard InChI is InChI=1S/C11H11N3O2S/c1-2-14(8-4-3-5-9(15)6-8)11(16)10-7-17-13-12-10/h3-7,15H,2H2,1H3. The Morgan fingerprint density at radius 3 is 2.94 bits per heavy atom. The molecule has 6 heteroatoms. The quantitative estimate of drug-likeness (QED) is 0.902. The van der Waals surface area contributed by atoms with Gasteiger partial charge in [0.25, 0.3) is 5.91 Å². The topological polar surface area (TPSA) is 66.3 Å². The number of hydrogen-bond acceptors (Lipinski definition) is 5. The average molecular weight is 249 g/mol. The number of rotatable bonds is 3. The highest BCUT2D eigenvalue weighted by Gasteiger charge is 2.18. The number of carbonyl (C=O) groups is 1. The predicted molar refractivity (Wildman–Crippen MR) is 65.4 cm³/mol. The molecular formula is C11H11N3O2S. The number of aromatic hydroxyl groups is 1. The van der Waals surface area contributed by atoms with Crippen LogP contribution in [0.1, 0.15) is 17.4 Å². The van der Waals surface area contributed by atoms with E-state index in [1.165, 1.54) is 4.90 Å². The molecule has 0 aliphatic rings. The van der Waals surface area contributed by atoms with Gasteiger partial charge in [-0.05, 0) is 30.6 Å². The number of carbonyl (C=O) groups excluding carboxylic acids is 1. The smallest absolute Gasteiger partial charge is 0.279 e. The van der Waals surface area contributed by atoms with Gasteiger partial charge in [-0.2, -0.15) is 0 Å². The second-order valence-corrected chi connectivity index (χ2v) is 3.97. The summed E-state index contributed by atoms with van der Waals surface area (Å²) in [4.78, 5) is 13.6. The Kier molecular flexibility index (Phi) is 3.34. The molecule has 0 saturated carbocycles. The number of nitrogens with zero attached hydrogens (tertiary/aromatic N) is 3. The normalized spacial score (nSPS) is 10.2. The van der Waals surface area contributed by atoms with Gasteiger partial charge >= 0.3 is 0 Å². The highest BCUT2D eigenvalue weighted by atomic mass is 32.1. The van der Waals surface area contributed by atoms with Gasteiger partial charge in [0, 0.05) is 23.7 Å². The number of aromatic nitrogens is 2. The Bertz CT molecular complexity index is 513. The van der Waals surface area contributed by atoms with Gasteiger partial charge < -0.3 is 10.0 Å². The summed E-state index contributed by atoms with van der Waals surface area (Å²) in [6, 6.07) is 6.56. The lowest BCUT2D eigenvalue weighted by molar-refractivity contribution is 0.0983. The second kappa shape index (κ2) is 4.92. The first-order valence-corrected chi connectivity index (χ1v) is 5.94. The molecule has 5 nitrogen and oxygen atoms in total. The van der Waals surface area contributed by atoms with Gasteiger partial charge in [0.2, 0.25) is 0 Å². The van der Waals surface area contributed by atoms with Crippen LogP contribution in [-0.4, -0.2) is 27.1 Å². The fourth-order valence-corrected chi connectivity index (χ4v) is 1.93. The fraction of sp³-hybridized carbons (Fsp3) is 0.182. The molecule has 0 radical (unpaired) electrons. The van der Waals surface area contributed by atoms with Crippen molar-refractivity contribution in [3.05, 3.63) is 35.3 Å². The van der Waals surface area contributed by atoms with Gasteiger partial charge in [0.15, 0.2) is 5.69 Å². The first-order chi connectivity index (χ1) is 8.22. The molecule has 1 N–H and O–H groups in total. The molecule has 2 rings (SSSR count). The molecule has 0 bridgehead atoms. The number of phenols is 1. The number of anilines is 1. The van der Waals surface area contributed by atoms with Crippen molar-refractivity contribution in [1.29, 1.82) is 0 Å². The van der Waals surface area contributed by atoms with E-state index in [1.54, 1.807) is 29.6 Å². The summed E-state index contributed by atoms with van der Waals surface area (Å²) in [5.74, 6) is -0.0861. The predicted octanol–water partition coefficient (Wildman–Crippen LogP) is 1.91. The molecule has 0 atom stereocenters. The first-order valence-electron chi connectivity index (χ1n) is 5.10. The molecule has 1 aromatic carbocycles. The van der Waals surface area contributed by atoms with E-state index in [0.717, 1.165) is 11.5 Å². The monoisotopic (exact) mass is 249 g/mol. The van der Waals surface area contributed by atoms with Crippen molar-refractivity contribution in [2.24, 2.45) is 0 Å². The van der Waals surface area contributed by atoms with Gasteiger partial charge in [-0.1, -0.05) is 10.6 Å². The van der Waals surface area contributed by atoms with Crippen LogP contribution in [-0.2, 0) is 0 Å². The highest BCUT2D eigenvalue weighted by molar-refractivity contribution is 7.03. The Morgan fingerprint density at radius 1 is 1.53 bits per heavy atom. The zero-order chi connectivity index (χ0) is 12.3. The van der Waals surface area contributed by atoms with Crippen molar-refractivity contribution >= 4 is 23.1 Å². The van der Waals surface area contributed by atoms with Crippen LogP contribution in [0.2, 0.25) is 0 Å². The molecule has 0 unspecified atom stereocenters. The van der Waals surface area contributed by atoms with Crippen molar-refractivity contribution < 1.29 is 9.90 Å². The Labute approximate surface area is 102 Å². The van der Waals surface area contributed by atoms with Gasteiger partial charge in [0.05, 0.1) is 0 Å². The second-order valence-electron chi connectivity index (χ2n) is 3.36. The Hall–Kier alpha value is -1.95. The van der Waals surface area contributed by atoms with Crippen molar-refractivity contribution in [1.82, 2.24) is 9.59 Å². The molecule has 0 aliphatic heterocycles. The van der Waals surface area contributed by atoms with Crippen molar-refractivity contribution in [2.45, 2.75) is 6.92 Å². The molecule has 0 spiro atoms. The van der Waals surface area contributed by atoms with E-state index in [0.29, 0.717) is 17.9 Å². The van der Waals surface area contributed by atoms with E-state index in [2.05, 4.69) is 9.59 Å². The minimum Gasteiger partial charge on any atom is -0.508 e. The van der Waals surface area contributed by atoms with Crippen LogP contribution in [0.25, 0.3) is 0 Å². The van der Waals surface area contributed by atoms with Gasteiger partial charge in [-0.3, -0.25) is 4.79 Å². The molecule has 2 aromatic rings. The van der Waals surface area contributed by atoms with E-state index in [4.69, 9.17) is 0 Å². The molecule has 17 heavy (non-hydrogen) atoms. The fourth-order valence-electron chi connectivity index (χ4n) is 1.50. The van der Waals surface area contributed by atoms with Gasteiger partial charge in [-0.15, -0.1) is 5.10 Å². The minimum absolute atomic E-state index is 0.130. The van der Waals surface area contributed by atoms with E-state index in [9.17, 15) is 9.90 Å². The van der Waals surface area contributed by atoms with E-state index >= 15 is 0 Å². The molecule has 1 aromatic heterocycles. The third kappa shape index (κ3) is 2.42. The van der Waals surface area contributed by atoms with Crippen LogP contribution >= 0.6 is 11.5 Å². The summed E-state index contributed by atoms with van der Waals surface area (Å²) in [6.45, 7) is 2.36. The van der Waals surface area contributed by atoms with E-state index < -0.39 is 0 Å². The lowest BCUT2D eigenvalue weighted by atomic mass is 10.2. The zero-order valence-corrected chi connectivity index (χ0v) is 10.0. The average Bonchev–Trinajstić information content (AvgIpc) is 2.83. The lowest BCUT2D eigenvalue weighted by Crippen LogP contribution is -2.30. The zero-order valence-electron chi connectivity index (χ0n) is 9.20. The molecule has 1 amide bonds. The van der Waals surface area contributed by atoms with E-state index in [1.807, 2.05) is 6.92 Å². The molecule has 0 fully saturated rings. The summed E-state index contributed by atoms with van der Waals surface area (Å²) in [5, 5.41) is 14.8. The third-order valence-electron chi connectivity index (χ3n) is 2.28. The third-order valence-corrected chi connectivity index (χ3v) is 2.79. The molecule has 1 heterocycles. The Balaban J connectivity index is 2.31. The summed E-state index contributed by atoms with van der Waals surface area (Å²) < 4.78 is 3.67. The van der Waals surface area contributed by atoms with Crippen LogP contribution in [0.15, 0.2) is 29.6 Å². The SMILES string of the molecule is CCN(C(=O)c1csnn1)c1cccc(O)c1. The summed E-state index contributed by atoms with van der Waals surface area (Å²) in [7, 11) is 0. The van der Waals surface area contributed by atoms with Crippen molar-refractivity contribution in [3.63, 3.8) is 0 Å². The largest absolute Gasteiger partial charge is 0.508 e. The number of amides is 1. The summed E-state index contributed by atoms with van der Waals surface area (Å²) in [5.41, 5.74) is 0.964.